The lowest BCUT2D eigenvalue weighted by Crippen LogP contribution is -2.59. The zero-order valence-corrected chi connectivity index (χ0v) is 11.0. The number of amides is 2. The third-order valence-corrected chi connectivity index (χ3v) is 2.99. The zero-order valence-electron chi connectivity index (χ0n) is 11.0. The van der Waals surface area contributed by atoms with E-state index in [9.17, 15) is 19.5 Å². The molecule has 0 aromatic carbocycles. The first-order valence-corrected chi connectivity index (χ1v) is 5.90. The van der Waals surface area contributed by atoms with Gasteiger partial charge in [0.05, 0.1) is 13.7 Å². The average Bonchev–Trinajstić information content (AvgIpc) is 2.85. The van der Waals surface area contributed by atoms with Crippen LogP contribution in [0.4, 0.5) is 4.79 Å². The van der Waals surface area contributed by atoms with Crippen LogP contribution in [0, 0.1) is 0 Å². The number of nitrogens with one attached hydrogen (secondary N) is 1. The van der Waals surface area contributed by atoms with Crippen LogP contribution in [0.15, 0.2) is 0 Å². The number of urea groups is 1. The van der Waals surface area contributed by atoms with Crippen molar-refractivity contribution in [2.24, 2.45) is 0 Å². The number of ether oxygens (including phenoxy) is 2. The molecule has 0 radical (unpaired) electrons. The molecule has 1 rings (SSSR count). The standard InChI is InChI=1S/C11H18N2O6/c1-3-13(6-8(14)18-2)10(17)12-11(9(15)16)4-5-19-7-11/h3-7H2,1-2H3,(H,12,17)(H,15,16). The lowest BCUT2D eigenvalue weighted by molar-refractivity contribution is -0.144. The Balaban J connectivity index is 2.70. The molecule has 0 aromatic rings. The quantitative estimate of drug-likeness (QED) is 0.651. The molecule has 1 heterocycles. The van der Waals surface area contributed by atoms with Gasteiger partial charge in [-0.15, -0.1) is 0 Å². The van der Waals surface area contributed by atoms with Gasteiger partial charge in [0.15, 0.2) is 5.54 Å². The lowest BCUT2D eigenvalue weighted by atomic mass is 9.99. The molecule has 8 nitrogen and oxygen atoms in total. The average molecular weight is 274 g/mol. The minimum absolute atomic E-state index is 0.0795. The van der Waals surface area contributed by atoms with Gasteiger partial charge in [-0.25, -0.2) is 9.59 Å². The van der Waals surface area contributed by atoms with Gasteiger partial charge < -0.3 is 24.8 Å². The predicted molar refractivity (Wildman–Crippen MR) is 63.6 cm³/mol. The first kappa shape index (κ1) is 15.2. The highest BCUT2D eigenvalue weighted by molar-refractivity contribution is 5.88. The summed E-state index contributed by atoms with van der Waals surface area (Å²) >= 11 is 0. The van der Waals surface area contributed by atoms with Crippen LogP contribution in [0.5, 0.6) is 0 Å². The highest BCUT2D eigenvalue weighted by atomic mass is 16.5. The molecule has 2 N–H and O–H groups in total. The van der Waals surface area contributed by atoms with E-state index in [1.165, 1.54) is 12.0 Å². The highest BCUT2D eigenvalue weighted by Gasteiger charge is 2.44. The van der Waals surface area contributed by atoms with Crippen LogP contribution in [0.3, 0.4) is 0 Å². The van der Waals surface area contributed by atoms with Crippen molar-refractivity contribution < 1.29 is 29.0 Å². The lowest BCUT2D eigenvalue weighted by Gasteiger charge is -2.28. The number of carboxylic acids is 1. The van der Waals surface area contributed by atoms with Gasteiger partial charge >= 0.3 is 18.0 Å². The Hall–Kier alpha value is -1.83. The Labute approximate surface area is 110 Å². The molecule has 0 bridgehead atoms. The fourth-order valence-electron chi connectivity index (χ4n) is 1.72. The Morgan fingerprint density at radius 3 is 2.58 bits per heavy atom. The van der Waals surface area contributed by atoms with E-state index in [-0.39, 0.29) is 32.7 Å². The second kappa shape index (κ2) is 6.37. The fourth-order valence-corrected chi connectivity index (χ4v) is 1.72. The molecule has 1 saturated heterocycles. The van der Waals surface area contributed by atoms with Crippen molar-refractivity contribution in [3.05, 3.63) is 0 Å². The molecule has 8 heteroatoms. The van der Waals surface area contributed by atoms with Crippen molar-refractivity contribution >= 4 is 18.0 Å². The van der Waals surface area contributed by atoms with Gasteiger partial charge in [-0.3, -0.25) is 4.79 Å². The second-order valence-corrected chi connectivity index (χ2v) is 4.21. The Bertz CT molecular complexity index is 364. The first-order valence-electron chi connectivity index (χ1n) is 5.90. The number of nitrogens with zero attached hydrogens (tertiary/aromatic N) is 1. The number of methoxy groups -OCH3 is 1. The Kier molecular flexibility index (Phi) is 5.11. The van der Waals surface area contributed by atoms with E-state index in [2.05, 4.69) is 10.1 Å². The van der Waals surface area contributed by atoms with E-state index >= 15 is 0 Å². The summed E-state index contributed by atoms with van der Waals surface area (Å²) in [7, 11) is 1.22. The summed E-state index contributed by atoms with van der Waals surface area (Å²) in [6, 6.07) is -0.624. The molecular weight excluding hydrogens is 256 g/mol. The summed E-state index contributed by atoms with van der Waals surface area (Å²) in [5.74, 6) is -1.71. The minimum Gasteiger partial charge on any atom is -0.479 e. The molecule has 0 saturated carbocycles. The molecule has 1 unspecified atom stereocenters. The van der Waals surface area contributed by atoms with E-state index in [0.717, 1.165) is 0 Å². The number of esters is 1. The van der Waals surface area contributed by atoms with Crippen LogP contribution in [0.25, 0.3) is 0 Å². The number of carboxylic acid groups (broad SMARTS) is 1. The number of rotatable bonds is 5. The maximum Gasteiger partial charge on any atom is 0.332 e. The summed E-state index contributed by atoms with van der Waals surface area (Å²) in [5.41, 5.74) is -1.42. The van der Waals surface area contributed by atoms with Gasteiger partial charge in [-0.1, -0.05) is 0 Å². The minimum atomic E-state index is -1.42. The molecule has 1 atom stereocenters. The normalized spacial score (nSPS) is 21.8. The summed E-state index contributed by atoms with van der Waals surface area (Å²) in [6.45, 7) is 1.91. The smallest absolute Gasteiger partial charge is 0.332 e. The zero-order chi connectivity index (χ0) is 14.5. The molecule has 1 aliphatic rings. The van der Waals surface area contributed by atoms with Gasteiger partial charge in [0.25, 0.3) is 0 Å². The number of carbonyl (C=O) groups excluding carboxylic acids is 2. The maximum atomic E-state index is 12.0. The van der Waals surface area contributed by atoms with Gasteiger partial charge in [0, 0.05) is 19.6 Å². The van der Waals surface area contributed by atoms with Crippen molar-refractivity contribution in [2.45, 2.75) is 18.9 Å². The molecule has 0 aromatic heterocycles. The van der Waals surface area contributed by atoms with Crippen molar-refractivity contribution in [3.8, 4) is 0 Å². The molecular formula is C11H18N2O6. The van der Waals surface area contributed by atoms with Crippen molar-refractivity contribution in [1.82, 2.24) is 10.2 Å². The third kappa shape index (κ3) is 3.57. The molecule has 108 valence electrons. The summed E-state index contributed by atoms with van der Waals surface area (Å²) in [6.07, 6.45) is 0.198. The van der Waals surface area contributed by atoms with Crippen LogP contribution in [-0.2, 0) is 19.1 Å². The number of hydrogen-bond acceptors (Lipinski definition) is 5. The van der Waals surface area contributed by atoms with Crippen molar-refractivity contribution in [2.75, 3.05) is 33.4 Å². The molecule has 1 aliphatic heterocycles. The van der Waals surface area contributed by atoms with Gasteiger partial charge in [-0.2, -0.15) is 0 Å². The number of likely N-dealkylation sites (N-methyl/N-ethyl adjacent to an activating group) is 1. The maximum absolute atomic E-state index is 12.0. The van der Waals surface area contributed by atoms with Crippen molar-refractivity contribution in [3.63, 3.8) is 0 Å². The highest BCUT2D eigenvalue weighted by Crippen LogP contribution is 2.19. The van der Waals surface area contributed by atoms with Gasteiger partial charge in [0.2, 0.25) is 0 Å². The summed E-state index contributed by atoms with van der Waals surface area (Å²) < 4.78 is 9.51. The monoisotopic (exact) mass is 274 g/mol. The van der Waals surface area contributed by atoms with Gasteiger partial charge in [0.1, 0.15) is 6.54 Å². The number of carbonyl (C=O) groups is 3. The van der Waals surface area contributed by atoms with Crippen LogP contribution < -0.4 is 5.32 Å². The number of hydrogen-bond donors (Lipinski definition) is 2. The molecule has 1 fully saturated rings. The topological polar surface area (TPSA) is 105 Å². The van der Waals surface area contributed by atoms with E-state index in [0.29, 0.717) is 0 Å². The third-order valence-electron chi connectivity index (χ3n) is 2.99. The van der Waals surface area contributed by atoms with Crippen LogP contribution in [-0.4, -0.2) is 66.9 Å². The van der Waals surface area contributed by atoms with Crippen LogP contribution in [0.2, 0.25) is 0 Å². The predicted octanol–water partition coefficient (Wildman–Crippen LogP) is -0.565. The molecule has 0 spiro atoms. The van der Waals surface area contributed by atoms with E-state index in [1.807, 2.05) is 0 Å². The SMILES string of the molecule is CCN(CC(=O)OC)C(=O)NC1(C(=O)O)CCOC1. The first-order chi connectivity index (χ1) is 8.95. The summed E-state index contributed by atoms with van der Waals surface area (Å²) in [5, 5.41) is 11.6. The van der Waals surface area contributed by atoms with Crippen LogP contribution >= 0.6 is 0 Å². The molecule has 19 heavy (non-hydrogen) atoms. The van der Waals surface area contributed by atoms with Gasteiger partial charge in [-0.05, 0) is 6.92 Å². The van der Waals surface area contributed by atoms with E-state index in [4.69, 9.17) is 4.74 Å². The van der Waals surface area contributed by atoms with Crippen molar-refractivity contribution in [1.29, 1.82) is 0 Å². The second-order valence-electron chi connectivity index (χ2n) is 4.21. The largest absolute Gasteiger partial charge is 0.479 e. The van der Waals surface area contributed by atoms with E-state index < -0.39 is 23.5 Å². The molecule has 0 aliphatic carbocycles. The van der Waals surface area contributed by atoms with E-state index in [1.54, 1.807) is 6.92 Å². The summed E-state index contributed by atoms with van der Waals surface area (Å²) in [4.78, 5) is 35.5. The van der Waals surface area contributed by atoms with Crippen LogP contribution in [0.1, 0.15) is 13.3 Å². The Morgan fingerprint density at radius 1 is 1.47 bits per heavy atom. The Morgan fingerprint density at radius 2 is 2.16 bits per heavy atom. The fraction of sp³-hybridized carbons (Fsp3) is 0.727. The molecule has 2 amide bonds. The number of aliphatic carboxylic acids is 1.